The second-order valence-electron chi connectivity index (χ2n) is 4.27. The van der Waals surface area contributed by atoms with E-state index in [0.29, 0.717) is 5.69 Å². The van der Waals surface area contributed by atoms with E-state index in [1.54, 1.807) is 24.3 Å². The normalized spacial score (nSPS) is 20.2. The molecule has 3 nitrogen and oxygen atoms in total. The number of halogens is 4. The number of carbonyl (C=O) groups excluding carboxylic acids is 1. The third kappa shape index (κ3) is 2.81. The zero-order valence-corrected chi connectivity index (χ0v) is 11.8. The van der Waals surface area contributed by atoms with Crippen molar-refractivity contribution < 1.29 is 18.0 Å². The quantitative estimate of drug-likeness (QED) is 0.769. The Bertz CT molecular complexity index is 550. The van der Waals surface area contributed by atoms with Crippen LogP contribution in [-0.2, 0) is 4.79 Å². The average molecular weight is 347 g/mol. The summed E-state index contributed by atoms with van der Waals surface area (Å²) in [5.41, 5.74) is 0.361. The van der Waals surface area contributed by atoms with Crippen molar-refractivity contribution in [3.8, 4) is 12.3 Å². The first-order valence-electron chi connectivity index (χ1n) is 5.69. The van der Waals surface area contributed by atoms with Gasteiger partial charge in [-0.3, -0.25) is 4.79 Å². The van der Waals surface area contributed by atoms with Gasteiger partial charge in [0, 0.05) is 11.0 Å². The molecule has 106 valence electrons. The highest BCUT2D eigenvalue weighted by atomic mass is 79.9. The highest BCUT2D eigenvalue weighted by Crippen LogP contribution is 2.36. The Morgan fingerprint density at radius 2 is 1.95 bits per heavy atom. The van der Waals surface area contributed by atoms with E-state index >= 15 is 0 Å². The first kappa shape index (κ1) is 14.9. The van der Waals surface area contributed by atoms with Crippen molar-refractivity contribution in [3.63, 3.8) is 0 Å². The minimum atomic E-state index is -4.58. The molecule has 0 radical (unpaired) electrons. The molecule has 0 N–H and O–H groups in total. The van der Waals surface area contributed by atoms with Gasteiger partial charge in [0.05, 0.1) is 12.2 Å². The Kier molecular flexibility index (Phi) is 4.06. The third-order valence-electron chi connectivity index (χ3n) is 2.92. The van der Waals surface area contributed by atoms with E-state index in [9.17, 15) is 18.0 Å². The zero-order valence-electron chi connectivity index (χ0n) is 10.2. The molecule has 0 aromatic heterocycles. The second-order valence-corrected chi connectivity index (χ2v) is 5.19. The van der Waals surface area contributed by atoms with Gasteiger partial charge < -0.3 is 0 Å². The fourth-order valence-corrected chi connectivity index (χ4v) is 2.28. The molecule has 7 heteroatoms. The number of rotatable bonds is 2. The predicted octanol–water partition coefficient (Wildman–Crippen LogP) is 2.82. The van der Waals surface area contributed by atoms with Gasteiger partial charge in [0.15, 0.2) is 0 Å². The van der Waals surface area contributed by atoms with Crippen molar-refractivity contribution >= 4 is 27.5 Å². The summed E-state index contributed by atoms with van der Waals surface area (Å²) in [5.74, 6) is -0.778. The second kappa shape index (κ2) is 5.46. The number of terminal acetylenes is 1. The molecule has 1 fully saturated rings. The summed E-state index contributed by atoms with van der Waals surface area (Å²) in [6.45, 7) is -0.517. The van der Waals surface area contributed by atoms with Gasteiger partial charge in [-0.2, -0.15) is 13.2 Å². The summed E-state index contributed by atoms with van der Waals surface area (Å²) < 4.78 is 39.3. The van der Waals surface area contributed by atoms with Gasteiger partial charge in [-0.15, -0.1) is 6.42 Å². The molecular weight excluding hydrogens is 337 g/mol. The maximum atomic E-state index is 12.8. The molecule has 1 amide bonds. The molecular formula is C13H10BrF3N2O. The molecule has 1 aromatic rings. The number of nitrogens with zero attached hydrogens (tertiary/aromatic N) is 2. The molecule has 0 saturated carbocycles. The molecule has 1 atom stereocenters. The van der Waals surface area contributed by atoms with Crippen LogP contribution in [0.1, 0.15) is 0 Å². The van der Waals surface area contributed by atoms with Crippen LogP contribution in [0.5, 0.6) is 0 Å². The van der Waals surface area contributed by atoms with Gasteiger partial charge >= 0.3 is 6.18 Å². The SMILES string of the molecule is C#CCN1CC(C(F)(F)F)C(=O)N1c1ccc(Br)cc1. The lowest BCUT2D eigenvalue weighted by Gasteiger charge is -2.25. The summed E-state index contributed by atoms with van der Waals surface area (Å²) in [5, 5.41) is 2.23. The van der Waals surface area contributed by atoms with E-state index in [1.807, 2.05) is 0 Å². The van der Waals surface area contributed by atoms with E-state index in [2.05, 4.69) is 21.9 Å². The van der Waals surface area contributed by atoms with E-state index < -0.39 is 24.5 Å². The summed E-state index contributed by atoms with van der Waals surface area (Å²) >= 11 is 3.23. The number of anilines is 1. The molecule has 1 unspecified atom stereocenters. The van der Waals surface area contributed by atoms with Crippen molar-refractivity contribution in [2.45, 2.75) is 6.18 Å². The van der Waals surface area contributed by atoms with E-state index in [-0.39, 0.29) is 6.54 Å². The van der Waals surface area contributed by atoms with Gasteiger partial charge in [0.1, 0.15) is 5.92 Å². The number of hydrogen-bond acceptors (Lipinski definition) is 2. The van der Waals surface area contributed by atoms with Gasteiger partial charge in [-0.25, -0.2) is 10.0 Å². The van der Waals surface area contributed by atoms with Crippen molar-refractivity contribution in [3.05, 3.63) is 28.7 Å². The van der Waals surface area contributed by atoms with Gasteiger partial charge in [-0.1, -0.05) is 21.9 Å². The molecule has 0 bridgehead atoms. The minimum absolute atomic E-state index is 0.0611. The highest BCUT2D eigenvalue weighted by molar-refractivity contribution is 9.10. The zero-order chi connectivity index (χ0) is 14.9. The van der Waals surface area contributed by atoms with E-state index in [4.69, 9.17) is 6.42 Å². The summed E-state index contributed by atoms with van der Waals surface area (Å²) in [7, 11) is 0. The number of carbonyl (C=O) groups is 1. The molecule has 1 saturated heterocycles. The van der Waals surface area contributed by atoms with Crippen LogP contribution in [0, 0.1) is 18.3 Å². The first-order valence-corrected chi connectivity index (χ1v) is 6.48. The van der Waals surface area contributed by atoms with E-state index in [1.165, 1.54) is 5.01 Å². The summed E-state index contributed by atoms with van der Waals surface area (Å²) in [4.78, 5) is 12.0. The number of alkyl halides is 3. The van der Waals surface area contributed by atoms with Crippen LogP contribution in [0.25, 0.3) is 0 Å². The Labute approximate surface area is 122 Å². The van der Waals surface area contributed by atoms with Crippen molar-refractivity contribution in [2.75, 3.05) is 18.1 Å². The number of hydrazine groups is 1. The van der Waals surface area contributed by atoms with Crippen molar-refractivity contribution in [1.82, 2.24) is 5.01 Å². The molecule has 1 aromatic carbocycles. The molecule has 1 aliphatic rings. The minimum Gasteiger partial charge on any atom is -0.272 e. The number of hydrogen-bond donors (Lipinski definition) is 0. The van der Waals surface area contributed by atoms with Crippen LogP contribution in [0.4, 0.5) is 18.9 Å². The first-order chi connectivity index (χ1) is 9.34. The third-order valence-corrected chi connectivity index (χ3v) is 3.45. The molecule has 0 spiro atoms. The van der Waals surface area contributed by atoms with Crippen molar-refractivity contribution in [2.24, 2.45) is 5.92 Å². The Morgan fingerprint density at radius 3 is 2.45 bits per heavy atom. The van der Waals surface area contributed by atoms with Crippen LogP contribution < -0.4 is 5.01 Å². The monoisotopic (exact) mass is 346 g/mol. The van der Waals surface area contributed by atoms with Crippen LogP contribution in [0.3, 0.4) is 0 Å². The van der Waals surface area contributed by atoms with Crippen molar-refractivity contribution in [1.29, 1.82) is 0 Å². The fraction of sp³-hybridized carbons (Fsp3) is 0.308. The molecule has 20 heavy (non-hydrogen) atoms. The molecule has 1 aliphatic heterocycles. The maximum absolute atomic E-state index is 12.8. The van der Waals surface area contributed by atoms with E-state index in [0.717, 1.165) is 9.48 Å². The van der Waals surface area contributed by atoms with Crippen LogP contribution in [0.2, 0.25) is 0 Å². The fourth-order valence-electron chi connectivity index (χ4n) is 2.01. The predicted molar refractivity (Wildman–Crippen MR) is 71.6 cm³/mol. The van der Waals surface area contributed by atoms with Gasteiger partial charge in [-0.05, 0) is 24.3 Å². The average Bonchev–Trinajstić information content (AvgIpc) is 2.68. The Morgan fingerprint density at radius 1 is 1.35 bits per heavy atom. The van der Waals surface area contributed by atoms with Gasteiger partial charge in [0.25, 0.3) is 5.91 Å². The van der Waals surface area contributed by atoms with Crippen LogP contribution in [0.15, 0.2) is 28.7 Å². The molecule has 1 heterocycles. The maximum Gasteiger partial charge on any atom is 0.401 e. The lowest BCUT2D eigenvalue weighted by atomic mass is 10.1. The molecule has 0 aliphatic carbocycles. The largest absolute Gasteiger partial charge is 0.401 e. The van der Waals surface area contributed by atoms with Gasteiger partial charge in [0.2, 0.25) is 0 Å². The summed E-state index contributed by atoms with van der Waals surface area (Å²) in [6, 6.07) is 6.42. The standard InChI is InChI=1S/C13H10BrF3N2O/c1-2-7-18-8-11(13(15,16)17)12(20)19(18)10-5-3-9(14)4-6-10/h1,3-6,11H,7-8H2. The Hall–Kier alpha value is -1.52. The smallest absolute Gasteiger partial charge is 0.272 e. The highest BCUT2D eigenvalue weighted by Gasteiger charge is 2.53. The lowest BCUT2D eigenvalue weighted by Crippen LogP contribution is -2.39. The number of benzene rings is 1. The Balaban J connectivity index is 2.36. The molecule has 2 rings (SSSR count). The lowest BCUT2D eigenvalue weighted by molar-refractivity contribution is -0.175. The number of amides is 1. The topological polar surface area (TPSA) is 23.6 Å². The summed E-state index contributed by atoms with van der Waals surface area (Å²) in [6.07, 6.45) is 0.579. The van der Waals surface area contributed by atoms with Crippen LogP contribution >= 0.6 is 15.9 Å². The van der Waals surface area contributed by atoms with Crippen LogP contribution in [-0.4, -0.2) is 30.2 Å².